The number of carbonyl (C=O) groups is 2. The fraction of sp³-hybridized carbons (Fsp3) is 0.316. The van der Waals surface area contributed by atoms with Crippen LogP contribution in [0.2, 0.25) is 0 Å². The van der Waals surface area contributed by atoms with E-state index in [4.69, 9.17) is 35.9 Å². The Kier molecular flexibility index (Phi) is 7.84. The fourth-order valence-electron chi connectivity index (χ4n) is 2.66. The van der Waals surface area contributed by atoms with Gasteiger partial charge >= 0.3 is 11.9 Å². The molecule has 0 fully saturated rings. The third-order valence-corrected chi connectivity index (χ3v) is 5.45. The molecule has 162 valence electrons. The Balaban J connectivity index is 2.35. The van der Waals surface area contributed by atoms with Crippen LogP contribution in [0.15, 0.2) is 12.1 Å². The van der Waals surface area contributed by atoms with Gasteiger partial charge in [0.05, 0.1) is 41.1 Å². The lowest BCUT2D eigenvalue weighted by Gasteiger charge is -2.16. The first-order valence-corrected chi connectivity index (χ1v) is 9.71. The highest BCUT2D eigenvalue weighted by atomic mass is 32.1. The van der Waals surface area contributed by atoms with Gasteiger partial charge in [-0.3, -0.25) is 0 Å². The molecule has 11 heteroatoms. The molecule has 0 spiro atoms. The van der Waals surface area contributed by atoms with Crippen LogP contribution >= 0.6 is 23.6 Å². The minimum atomic E-state index is -0.600. The molecule has 0 aliphatic heterocycles. The average molecular weight is 455 g/mol. The van der Waals surface area contributed by atoms with Crippen LogP contribution < -0.4 is 24.8 Å². The summed E-state index contributed by atoms with van der Waals surface area (Å²) in [6.45, 7) is 1.63. The number of anilines is 2. The SMILES string of the molecule is COC(=O)c1sc(NC(=S)Nc2cc(OC)c(OC)c(OC)c2)c(C(=O)OC)c1C. The monoisotopic (exact) mass is 454 g/mol. The van der Waals surface area contributed by atoms with Crippen LogP contribution in [0.1, 0.15) is 25.6 Å². The first kappa shape index (κ1) is 23.2. The quantitative estimate of drug-likeness (QED) is 0.477. The molecular formula is C19H22N2O7S2. The maximum Gasteiger partial charge on any atom is 0.348 e. The number of methoxy groups -OCH3 is 5. The molecule has 9 nitrogen and oxygen atoms in total. The molecule has 1 aromatic heterocycles. The first-order valence-electron chi connectivity index (χ1n) is 8.49. The van der Waals surface area contributed by atoms with Gasteiger partial charge in [-0.05, 0) is 24.7 Å². The van der Waals surface area contributed by atoms with E-state index in [1.54, 1.807) is 19.1 Å². The number of ether oxygens (including phenoxy) is 5. The Bertz CT molecular complexity index is 947. The molecule has 0 amide bonds. The zero-order valence-electron chi connectivity index (χ0n) is 17.3. The Morgan fingerprint density at radius 1 is 0.900 bits per heavy atom. The van der Waals surface area contributed by atoms with Crippen molar-refractivity contribution >= 4 is 51.3 Å². The maximum atomic E-state index is 12.2. The average Bonchev–Trinajstić information content (AvgIpc) is 3.07. The van der Waals surface area contributed by atoms with Crippen LogP contribution in [-0.2, 0) is 9.47 Å². The highest BCUT2D eigenvalue weighted by Crippen LogP contribution is 2.40. The van der Waals surface area contributed by atoms with Crippen LogP contribution in [-0.4, -0.2) is 52.6 Å². The van der Waals surface area contributed by atoms with Crippen LogP contribution in [0.3, 0.4) is 0 Å². The zero-order valence-corrected chi connectivity index (χ0v) is 19.0. The molecule has 2 N–H and O–H groups in total. The van der Waals surface area contributed by atoms with E-state index >= 15 is 0 Å². The topological polar surface area (TPSA) is 104 Å². The molecule has 30 heavy (non-hydrogen) atoms. The number of nitrogens with one attached hydrogen (secondary N) is 2. The van der Waals surface area contributed by atoms with Crippen molar-refractivity contribution in [2.24, 2.45) is 0 Å². The number of carbonyl (C=O) groups excluding carboxylic acids is 2. The van der Waals surface area contributed by atoms with Crippen molar-refractivity contribution in [3.8, 4) is 17.2 Å². The second-order valence-electron chi connectivity index (χ2n) is 5.74. The van der Waals surface area contributed by atoms with E-state index in [1.807, 2.05) is 0 Å². The van der Waals surface area contributed by atoms with E-state index in [2.05, 4.69) is 10.6 Å². The predicted octanol–water partition coefficient (Wildman–Crippen LogP) is 3.46. The highest BCUT2D eigenvalue weighted by molar-refractivity contribution is 7.80. The summed E-state index contributed by atoms with van der Waals surface area (Å²) in [6.07, 6.45) is 0. The van der Waals surface area contributed by atoms with Crippen molar-refractivity contribution in [2.45, 2.75) is 6.92 Å². The van der Waals surface area contributed by atoms with Crippen LogP contribution in [0, 0.1) is 6.92 Å². The van der Waals surface area contributed by atoms with Gasteiger partial charge in [0.2, 0.25) is 5.75 Å². The van der Waals surface area contributed by atoms with E-state index in [9.17, 15) is 9.59 Å². The van der Waals surface area contributed by atoms with E-state index in [-0.39, 0.29) is 15.6 Å². The summed E-state index contributed by atoms with van der Waals surface area (Å²) in [6, 6.07) is 3.35. The maximum absolute atomic E-state index is 12.2. The zero-order chi connectivity index (χ0) is 22.4. The van der Waals surface area contributed by atoms with Gasteiger partial charge in [-0.25, -0.2) is 9.59 Å². The third kappa shape index (κ3) is 4.74. The van der Waals surface area contributed by atoms with E-state index in [0.717, 1.165) is 11.3 Å². The van der Waals surface area contributed by atoms with Crippen molar-refractivity contribution in [3.05, 3.63) is 28.1 Å². The lowest BCUT2D eigenvalue weighted by Crippen LogP contribution is -2.20. The van der Waals surface area contributed by atoms with Gasteiger partial charge in [0.15, 0.2) is 16.6 Å². The van der Waals surface area contributed by atoms with Gasteiger partial charge in [-0.1, -0.05) is 0 Å². The molecule has 0 unspecified atom stereocenters. The Morgan fingerprint density at radius 3 is 1.93 bits per heavy atom. The molecule has 0 radical (unpaired) electrons. The number of rotatable bonds is 7. The molecule has 2 aromatic rings. The first-order chi connectivity index (χ1) is 14.3. The van der Waals surface area contributed by atoms with Crippen LogP contribution in [0.5, 0.6) is 17.2 Å². The normalized spacial score (nSPS) is 10.1. The van der Waals surface area contributed by atoms with E-state index in [0.29, 0.717) is 33.5 Å². The lowest BCUT2D eigenvalue weighted by atomic mass is 10.1. The smallest absolute Gasteiger partial charge is 0.348 e. The summed E-state index contributed by atoms with van der Waals surface area (Å²) in [5.41, 5.74) is 1.21. The summed E-state index contributed by atoms with van der Waals surface area (Å²) in [7, 11) is 7.04. The van der Waals surface area contributed by atoms with Crippen molar-refractivity contribution < 1.29 is 33.3 Å². The van der Waals surface area contributed by atoms with Gasteiger partial charge in [0.1, 0.15) is 9.88 Å². The number of thiocarbonyl (C=S) groups is 1. The summed E-state index contributed by atoms with van der Waals surface area (Å²) >= 11 is 6.41. The summed E-state index contributed by atoms with van der Waals surface area (Å²) in [5, 5.41) is 6.45. The van der Waals surface area contributed by atoms with Crippen molar-refractivity contribution in [3.63, 3.8) is 0 Å². The highest BCUT2D eigenvalue weighted by Gasteiger charge is 2.26. The standard InChI is InChI=1S/C19H22N2O7S2/c1-9-13(17(22)27-5)16(30-15(9)18(23)28-6)21-19(29)20-10-7-11(24-2)14(26-4)12(8-10)25-3/h7-8H,1-6H3,(H2,20,21,29). The minimum Gasteiger partial charge on any atom is -0.493 e. The number of hydrogen-bond donors (Lipinski definition) is 2. The minimum absolute atomic E-state index is 0.173. The third-order valence-electron chi connectivity index (χ3n) is 4.06. The molecule has 0 bridgehead atoms. The Hall–Kier alpha value is -3.05. The molecule has 2 rings (SSSR count). The number of hydrogen-bond acceptors (Lipinski definition) is 9. The summed E-state index contributed by atoms with van der Waals surface area (Å²) in [4.78, 5) is 24.5. The summed E-state index contributed by atoms with van der Waals surface area (Å²) in [5.74, 6) is 0.167. The molecule has 0 saturated carbocycles. The van der Waals surface area contributed by atoms with Crippen molar-refractivity contribution in [1.82, 2.24) is 0 Å². The van der Waals surface area contributed by atoms with Gasteiger partial charge in [-0.15, -0.1) is 11.3 Å². The van der Waals surface area contributed by atoms with Crippen molar-refractivity contribution in [2.75, 3.05) is 46.2 Å². The largest absolute Gasteiger partial charge is 0.493 e. The molecule has 0 atom stereocenters. The van der Waals surface area contributed by atoms with Gasteiger partial charge in [0, 0.05) is 17.8 Å². The molecular weight excluding hydrogens is 432 g/mol. The predicted molar refractivity (Wildman–Crippen MR) is 118 cm³/mol. The summed E-state index contributed by atoms with van der Waals surface area (Å²) < 4.78 is 25.6. The van der Waals surface area contributed by atoms with Crippen LogP contribution in [0.25, 0.3) is 0 Å². The molecule has 0 saturated heterocycles. The Morgan fingerprint density at radius 2 is 1.47 bits per heavy atom. The molecule has 1 heterocycles. The van der Waals surface area contributed by atoms with Gasteiger partial charge in [-0.2, -0.15) is 0 Å². The van der Waals surface area contributed by atoms with Crippen molar-refractivity contribution in [1.29, 1.82) is 0 Å². The van der Waals surface area contributed by atoms with Gasteiger partial charge < -0.3 is 34.3 Å². The van der Waals surface area contributed by atoms with Gasteiger partial charge in [0.25, 0.3) is 0 Å². The number of benzene rings is 1. The molecule has 0 aliphatic carbocycles. The van der Waals surface area contributed by atoms with E-state index in [1.165, 1.54) is 35.5 Å². The number of thiophene rings is 1. The Labute approximate surface area is 183 Å². The second kappa shape index (κ2) is 10.1. The van der Waals surface area contributed by atoms with E-state index < -0.39 is 11.9 Å². The lowest BCUT2D eigenvalue weighted by molar-refractivity contribution is 0.0601. The fourth-order valence-corrected chi connectivity index (χ4v) is 4.06. The molecule has 1 aromatic carbocycles. The molecule has 0 aliphatic rings. The van der Waals surface area contributed by atoms with Crippen LogP contribution in [0.4, 0.5) is 10.7 Å². The number of esters is 2. The second-order valence-corrected chi connectivity index (χ2v) is 7.17.